The molecular weight excluding hydrogens is 230 g/mol. The summed E-state index contributed by atoms with van der Waals surface area (Å²) in [5.74, 6) is 7.80. The van der Waals surface area contributed by atoms with Crippen molar-refractivity contribution in [2.75, 3.05) is 37.1 Å². The first-order valence-corrected chi connectivity index (χ1v) is 6.33. The Kier molecular flexibility index (Phi) is 6.38. The Balaban J connectivity index is 2.93. The molecule has 0 aliphatic heterocycles. The first-order chi connectivity index (χ1) is 8.74. The molecule has 1 aromatic rings. The minimum Gasteiger partial charge on any atom is -0.383 e. The minimum atomic E-state index is 0.652. The van der Waals surface area contributed by atoms with Crippen molar-refractivity contribution in [1.29, 1.82) is 0 Å². The predicted molar refractivity (Wildman–Crippen MR) is 73.6 cm³/mol. The molecule has 0 bridgehead atoms. The van der Waals surface area contributed by atoms with E-state index in [0.29, 0.717) is 12.4 Å². The zero-order valence-corrected chi connectivity index (χ0v) is 11.4. The standard InChI is InChI=1S/C12H23N5O/c1-4-6-10-14-11(16-13)9-12(15-10)17(5-2)7-8-18-3/h9H,4-8,13H2,1-3H3,(H,14,15,16). The highest BCUT2D eigenvalue weighted by Gasteiger charge is 2.09. The Bertz CT molecular complexity index is 358. The lowest BCUT2D eigenvalue weighted by atomic mass is 10.3. The van der Waals surface area contributed by atoms with E-state index in [1.807, 2.05) is 6.07 Å². The number of hydrazine groups is 1. The van der Waals surface area contributed by atoms with E-state index < -0.39 is 0 Å². The summed E-state index contributed by atoms with van der Waals surface area (Å²) in [6.07, 6.45) is 1.86. The zero-order valence-electron chi connectivity index (χ0n) is 11.4. The molecule has 102 valence electrons. The molecule has 18 heavy (non-hydrogen) atoms. The zero-order chi connectivity index (χ0) is 13.4. The van der Waals surface area contributed by atoms with Crippen molar-refractivity contribution in [3.05, 3.63) is 11.9 Å². The van der Waals surface area contributed by atoms with Crippen molar-refractivity contribution < 1.29 is 4.74 Å². The van der Waals surface area contributed by atoms with Gasteiger partial charge < -0.3 is 15.1 Å². The number of ether oxygens (including phenoxy) is 1. The van der Waals surface area contributed by atoms with E-state index in [2.05, 4.69) is 34.1 Å². The molecule has 6 nitrogen and oxygen atoms in total. The second-order valence-corrected chi connectivity index (χ2v) is 3.99. The highest BCUT2D eigenvalue weighted by molar-refractivity contribution is 5.48. The number of hydrogen-bond donors (Lipinski definition) is 2. The number of nitrogens with two attached hydrogens (primary N) is 1. The Hall–Kier alpha value is -1.40. The van der Waals surface area contributed by atoms with Gasteiger partial charge in [0.05, 0.1) is 6.61 Å². The van der Waals surface area contributed by atoms with Crippen LogP contribution in [0.15, 0.2) is 6.07 Å². The van der Waals surface area contributed by atoms with E-state index in [1.54, 1.807) is 7.11 Å². The number of aryl methyl sites for hydroxylation is 1. The van der Waals surface area contributed by atoms with Crippen LogP contribution in [0.25, 0.3) is 0 Å². The van der Waals surface area contributed by atoms with Crippen LogP contribution in [0.1, 0.15) is 26.1 Å². The van der Waals surface area contributed by atoms with Gasteiger partial charge in [-0.05, 0) is 13.3 Å². The molecule has 0 fully saturated rings. The maximum atomic E-state index is 5.44. The number of nitrogens with one attached hydrogen (secondary N) is 1. The van der Waals surface area contributed by atoms with Crippen LogP contribution in [-0.2, 0) is 11.2 Å². The molecule has 6 heteroatoms. The van der Waals surface area contributed by atoms with E-state index in [-0.39, 0.29) is 0 Å². The van der Waals surface area contributed by atoms with Gasteiger partial charge in [-0.15, -0.1) is 0 Å². The van der Waals surface area contributed by atoms with Crippen LogP contribution in [0, 0.1) is 0 Å². The normalized spacial score (nSPS) is 10.4. The first kappa shape index (κ1) is 14.7. The van der Waals surface area contributed by atoms with Gasteiger partial charge in [-0.3, -0.25) is 0 Å². The number of aromatic nitrogens is 2. The third-order valence-corrected chi connectivity index (χ3v) is 2.65. The highest BCUT2D eigenvalue weighted by Crippen LogP contribution is 2.16. The largest absolute Gasteiger partial charge is 0.383 e. The molecule has 1 aromatic heterocycles. The molecule has 0 aliphatic rings. The third kappa shape index (κ3) is 4.12. The Morgan fingerprint density at radius 2 is 2.17 bits per heavy atom. The number of anilines is 2. The van der Waals surface area contributed by atoms with Crippen LogP contribution >= 0.6 is 0 Å². The Morgan fingerprint density at radius 3 is 2.72 bits per heavy atom. The van der Waals surface area contributed by atoms with Gasteiger partial charge in [-0.25, -0.2) is 15.8 Å². The summed E-state index contributed by atoms with van der Waals surface area (Å²) in [4.78, 5) is 11.0. The summed E-state index contributed by atoms with van der Waals surface area (Å²) in [5, 5.41) is 0. The lowest BCUT2D eigenvalue weighted by Gasteiger charge is -2.22. The van der Waals surface area contributed by atoms with Gasteiger partial charge in [0, 0.05) is 32.7 Å². The van der Waals surface area contributed by atoms with Crippen LogP contribution < -0.4 is 16.2 Å². The van der Waals surface area contributed by atoms with E-state index in [0.717, 1.165) is 37.6 Å². The van der Waals surface area contributed by atoms with Crippen LogP contribution in [0.3, 0.4) is 0 Å². The summed E-state index contributed by atoms with van der Waals surface area (Å²) in [6.45, 7) is 6.54. The van der Waals surface area contributed by atoms with Gasteiger partial charge in [0.2, 0.25) is 0 Å². The molecule has 0 atom stereocenters. The average molecular weight is 253 g/mol. The fraction of sp³-hybridized carbons (Fsp3) is 0.667. The molecule has 0 saturated heterocycles. The summed E-state index contributed by atoms with van der Waals surface area (Å²) >= 11 is 0. The van der Waals surface area contributed by atoms with Crippen molar-refractivity contribution in [1.82, 2.24) is 9.97 Å². The summed E-state index contributed by atoms with van der Waals surface area (Å²) in [5.41, 5.74) is 2.59. The molecule has 0 unspecified atom stereocenters. The van der Waals surface area contributed by atoms with E-state index in [1.165, 1.54) is 0 Å². The molecule has 1 heterocycles. The Labute approximate surface area is 109 Å². The molecule has 0 spiro atoms. The molecule has 0 amide bonds. The molecular formula is C12H23N5O. The fourth-order valence-corrected chi connectivity index (χ4v) is 1.69. The number of rotatable bonds is 8. The summed E-state index contributed by atoms with van der Waals surface area (Å²) in [6, 6.07) is 1.86. The topological polar surface area (TPSA) is 76.3 Å². The minimum absolute atomic E-state index is 0.652. The Morgan fingerprint density at radius 1 is 1.39 bits per heavy atom. The van der Waals surface area contributed by atoms with Gasteiger partial charge in [0.25, 0.3) is 0 Å². The third-order valence-electron chi connectivity index (χ3n) is 2.65. The molecule has 0 aliphatic carbocycles. The van der Waals surface area contributed by atoms with Crippen LogP contribution in [0.4, 0.5) is 11.6 Å². The lowest BCUT2D eigenvalue weighted by Crippen LogP contribution is -2.28. The highest BCUT2D eigenvalue weighted by atomic mass is 16.5. The SMILES string of the molecule is CCCc1nc(NN)cc(N(CC)CCOC)n1. The van der Waals surface area contributed by atoms with Gasteiger partial charge in [-0.1, -0.05) is 6.92 Å². The number of nitrogens with zero attached hydrogens (tertiary/aromatic N) is 3. The van der Waals surface area contributed by atoms with Crippen molar-refractivity contribution in [3.63, 3.8) is 0 Å². The molecule has 3 N–H and O–H groups in total. The maximum absolute atomic E-state index is 5.44. The second-order valence-electron chi connectivity index (χ2n) is 3.99. The number of nitrogen functional groups attached to an aromatic ring is 1. The van der Waals surface area contributed by atoms with E-state index in [4.69, 9.17) is 10.6 Å². The average Bonchev–Trinajstić information content (AvgIpc) is 2.39. The summed E-state index contributed by atoms with van der Waals surface area (Å²) in [7, 11) is 1.70. The summed E-state index contributed by atoms with van der Waals surface area (Å²) < 4.78 is 5.10. The van der Waals surface area contributed by atoms with Crippen molar-refractivity contribution in [2.24, 2.45) is 5.84 Å². The smallest absolute Gasteiger partial charge is 0.145 e. The van der Waals surface area contributed by atoms with Crippen LogP contribution in [0.5, 0.6) is 0 Å². The fourth-order valence-electron chi connectivity index (χ4n) is 1.69. The van der Waals surface area contributed by atoms with Gasteiger partial charge in [-0.2, -0.15) is 0 Å². The molecule has 0 saturated carbocycles. The van der Waals surface area contributed by atoms with Gasteiger partial charge in [0.15, 0.2) is 0 Å². The molecule has 0 radical (unpaired) electrons. The second kappa shape index (κ2) is 7.84. The quantitative estimate of drug-likeness (QED) is 0.535. The lowest BCUT2D eigenvalue weighted by molar-refractivity contribution is 0.205. The van der Waals surface area contributed by atoms with Crippen LogP contribution in [-0.4, -0.2) is 36.8 Å². The number of methoxy groups -OCH3 is 1. The molecule has 0 aromatic carbocycles. The van der Waals surface area contributed by atoms with Crippen LogP contribution in [0.2, 0.25) is 0 Å². The number of hydrogen-bond acceptors (Lipinski definition) is 6. The van der Waals surface area contributed by atoms with E-state index >= 15 is 0 Å². The van der Waals surface area contributed by atoms with Gasteiger partial charge in [0.1, 0.15) is 17.5 Å². The van der Waals surface area contributed by atoms with Gasteiger partial charge >= 0.3 is 0 Å². The van der Waals surface area contributed by atoms with Crippen molar-refractivity contribution >= 4 is 11.6 Å². The monoisotopic (exact) mass is 253 g/mol. The molecule has 1 rings (SSSR count). The predicted octanol–water partition coefficient (Wildman–Crippen LogP) is 1.19. The maximum Gasteiger partial charge on any atom is 0.145 e. The van der Waals surface area contributed by atoms with E-state index in [9.17, 15) is 0 Å². The van der Waals surface area contributed by atoms with Crippen molar-refractivity contribution in [3.8, 4) is 0 Å². The number of likely N-dealkylation sites (N-methyl/N-ethyl adjacent to an activating group) is 1. The first-order valence-electron chi connectivity index (χ1n) is 6.33. The van der Waals surface area contributed by atoms with Crippen molar-refractivity contribution in [2.45, 2.75) is 26.7 Å².